The van der Waals surface area contributed by atoms with E-state index < -0.39 is 10.9 Å². The van der Waals surface area contributed by atoms with Crippen LogP contribution in [0.3, 0.4) is 0 Å². The third-order valence-electron chi connectivity index (χ3n) is 2.96. The maximum absolute atomic E-state index is 10.9. The van der Waals surface area contributed by atoms with Gasteiger partial charge in [0.05, 0.1) is 4.92 Å². The molecule has 1 unspecified atom stereocenters. The van der Waals surface area contributed by atoms with Crippen LogP contribution in [0.4, 0.5) is 11.5 Å². The predicted octanol–water partition coefficient (Wildman–Crippen LogP) is 1.99. The molecule has 1 rings (SSSR count). The fourth-order valence-corrected chi connectivity index (χ4v) is 1.72. The summed E-state index contributed by atoms with van der Waals surface area (Å²) >= 11 is 0. The van der Waals surface area contributed by atoms with Crippen LogP contribution < -0.4 is 4.90 Å². The van der Waals surface area contributed by atoms with Gasteiger partial charge < -0.3 is 10.0 Å². The summed E-state index contributed by atoms with van der Waals surface area (Å²) in [6, 6.07) is 2.83. The minimum atomic E-state index is -0.960. The van der Waals surface area contributed by atoms with Crippen LogP contribution in [0.1, 0.15) is 26.0 Å². The Morgan fingerprint density at radius 2 is 2.21 bits per heavy atom. The second-order valence-electron chi connectivity index (χ2n) is 4.31. The Kier molecular flexibility index (Phi) is 4.80. The quantitative estimate of drug-likeness (QED) is 0.625. The molecule has 1 heterocycles. The summed E-state index contributed by atoms with van der Waals surface area (Å²) in [5.74, 6) is -0.516. The van der Waals surface area contributed by atoms with Crippen molar-refractivity contribution in [3.05, 3.63) is 27.9 Å². The van der Waals surface area contributed by atoms with Crippen LogP contribution in [0.15, 0.2) is 12.1 Å². The molecule has 104 valence electrons. The lowest BCUT2D eigenvalue weighted by Crippen LogP contribution is -2.37. The largest absolute Gasteiger partial charge is 0.480 e. The molecular weight excluding hydrogens is 250 g/mol. The molecule has 1 atom stereocenters. The van der Waals surface area contributed by atoms with Crippen molar-refractivity contribution < 1.29 is 14.8 Å². The van der Waals surface area contributed by atoms with E-state index in [2.05, 4.69) is 4.98 Å². The van der Waals surface area contributed by atoms with Crippen molar-refractivity contribution >= 4 is 17.5 Å². The van der Waals surface area contributed by atoms with Gasteiger partial charge in [0.15, 0.2) is 0 Å². The first kappa shape index (κ1) is 14.9. The Hall–Kier alpha value is -2.18. The number of hydrogen-bond donors (Lipinski definition) is 1. The zero-order valence-corrected chi connectivity index (χ0v) is 11.2. The zero-order valence-electron chi connectivity index (χ0n) is 11.2. The van der Waals surface area contributed by atoms with Crippen LogP contribution in [0.25, 0.3) is 0 Å². The highest BCUT2D eigenvalue weighted by atomic mass is 16.6. The maximum atomic E-state index is 10.9. The molecule has 0 spiro atoms. The van der Waals surface area contributed by atoms with Crippen molar-refractivity contribution in [2.45, 2.75) is 33.2 Å². The summed E-state index contributed by atoms with van der Waals surface area (Å²) in [7, 11) is 0. The highest BCUT2D eigenvalue weighted by Crippen LogP contribution is 2.22. The molecule has 0 aliphatic rings. The van der Waals surface area contributed by atoms with Crippen LogP contribution in [0, 0.1) is 17.0 Å². The van der Waals surface area contributed by atoms with Crippen molar-refractivity contribution in [3.63, 3.8) is 0 Å². The van der Waals surface area contributed by atoms with E-state index in [1.807, 2.05) is 13.8 Å². The van der Waals surface area contributed by atoms with Crippen molar-refractivity contribution in [2.75, 3.05) is 11.4 Å². The fraction of sp³-hybridized carbons (Fsp3) is 0.500. The average Bonchev–Trinajstić information content (AvgIpc) is 2.34. The fourth-order valence-electron chi connectivity index (χ4n) is 1.72. The first-order chi connectivity index (χ1) is 8.86. The molecule has 1 aromatic rings. The van der Waals surface area contributed by atoms with Crippen molar-refractivity contribution in [1.82, 2.24) is 4.98 Å². The number of hydrogen-bond acceptors (Lipinski definition) is 5. The number of nitro groups is 1. The Morgan fingerprint density at radius 1 is 1.58 bits per heavy atom. The minimum absolute atomic E-state index is 0.00976. The van der Waals surface area contributed by atoms with Crippen LogP contribution in [0.5, 0.6) is 0 Å². The lowest BCUT2D eigenvalue weighted by molar-refractivity contribution is -0.385. The van der Waals surface area contributed by atoms with Crippen LogP contribution in [0.2, 0.25) is 0 Å². The van der Waals surface area contributed by atoms with Crippen molar-refractivity contribution in [2.24, 2.45) is 0 Å². The third kappa shape index (κ3) is 3.64. The van der Waals surface area contributed by atoms with Gasteiger partial charge in [-0.25, -0.2) is 4.98 Å². The maximum Gasteiger partial charge on any atom is 0.323 e. The highest BCUT2D eigenvalue weighted by Gasteiger charge is 2.20. The number of aromatic nitrogens is 1. The van der Waals surface area contributed by atoms with Crippen molar-refractivity contribution in [1.29, 1.82) is 0 Å². The molecular formula is C12H17N3O4. The smallest absolute Gasteiger partial charge is 0.323 e. The Balaban J connectivity index is 3.12. The molecule has 0 radical (unpaired) electrons. The van der Waals surface area contributed by atoms with Crippen molar-refractivity contribution in [3.8, 4) is 0 Å². The summed E-state index contributed by atoms with van der Waals surface area (Å²) in [6.07, 6.45) is 0.755. The zero-order chi connectivity index (χ0) is 14.6. The number of carbonyl (C=O) groups is 1. The Morgan fingerprint density at radius 3 is 2.63 bits per heavy atom. The van der Waals surface area contributed by atoms with E-state index in [0.29, 0.717) is 5.82 Å². The SMILES string of the molecule is CCC(C)N(CC(=O)O)c1ccc([N+](=O)[O-])c(C)n1. The van der Waals surface area contributed by atoms with E-state index >= 15 is 0 Å². The second-order valence-corrected chi connectivity index (χ2v) is 4.31. The molecule has 0 amide bonds. The Bertz CT molecular complexity index is 490. The number of pyridine rings is 1. The van der Waals surface area contributed by atoms with Gasteiger partial charge in [-0.05, 0) is 26.3 Å². The van der Waals surface area contributed by atoms with Gasteiger partial charge in [0.2, 0.25) is 0 Å². The summed E-state index contributed by atoms with van der Waals surface area (Å²) in [4.78, 5) is 26.9. The number of carboxylic acid groups (broad SMARTS) is 1. The van der Waals surface area contributed by atoms with Gasteiger partial charge in [-0.15, -0.1) is 0 Å². The average molecular weight is 267 g/mol. The molecule has 19 heavy (non-hydrogen) atoms. The second kappa shape index (κ2) is 6.12. The standard InChI is InChI=1S/C12H17N3O4/c1-4-8(2)14(7-12(16)17)11-6-5-10(15(18)19)9(3)13-11/h5-6,8H,4,7H2,1-3H3,(H,16,17). The van der Waals surface area contributed by atoms with Gasteiger partial charge >= 0.3 is 5.97 Å². The van der Waals surface area contributed by atoms with E-state index in [1.54, 1.807) is 4.90 Å². The lowest BCUT2D eigenvalue weighted by atomic mass is 10.2. The number of rotatable bonds is 6. The molecule has 7 nitrogen and oxygen atoms in total. The first-order valence-corrected chi connectivity index (χ1v) is 5.97. The molecule has 0 saturated heterocycles. The van der Waals surface area contributed by atoms with E-state index in [4.69, 9.17) is 5.11 Å². The number of nitrogens with zero attached hydrogens (tertiary/aromatic N) is 3. The van der Waals surface area contributed by atoms with E-state index in [1.165, 1.54) is 19.1 Å². The van der Waals surface area contributed by atoms with Crippen LogP contribution in [-0.4, -0.2) is 33.6 Å². The molecule has 0 aromatic carbocycles. The van der Waals surface area contributed by atoms with Gasteiger partial charge in [-0.1, -0.05) is 6.92 Å². The minimum Gasteiger partial charge on any atom is -0.480 e. The monoisotopic (exact) mass is 267 g/mol. The van der Waals surface area contributed by atoms with E-state index in [0.717, 1.165) is 6.42 Å². The molecule has 0 fully saturated rings. The van der Waals surface area contributed by atoms with E-state index in [9.17, 15) is 14.9 Å². The number of aliphatic carboxylic acids is 1. The number of carboxylic acids is 1. The molecule has 0 saturated carbocycles. The van der Waals surface area contributed by atoms with Gasteiger partial charge in [-0.2, -0.15) is 0 Å². The topological polar surface area (TPSA) is 96.6 Å². The summed E-state index contributed by atoms with van der Waals surface area (Å²) in [5, 5.41) is 19.7. The molecule has 0 aliphatic carbocycles. The molecule has 0 bridgehead atoms. The summed E-state index contributed by atoms with van der Waals surface area (Å²) < 4.78 is 0. The number of aryl methyl sites for hydroxylation is 1. The van der Waals surface area contributed by atoms with Gasteiger partial charge in [0.1, 0.15) is 18.1 Å². The predicted molar refractivity (Wildman–Crippen MR) is 70.4 cm³/mol. The van der Waals surface area contributed by atoms with Gasteiger partial charge in [-0.3, -0.25) is 14.9 Å². The highest BCUT2D eigenvalue weighted by molar-refractivity contribution is 5.73. The first-order valence-electron chi connectivity index (χ1n) is 5.97. The summed E-state index contributed by atoms with van der Waals surface area (Å²) in [6.45, 7) is 5.19. The normalized spacial score (nSPS) is 11.9. The summed E-state index contributed by atoms with van der Waals surface area (Å²) in [5.41, 5.74) is 0.212. The third-order valence-corrected chi connectivity index (χ3v) is 2.96. The van der Waals surface area contributed by atoms with E-state index in [-0.39, 0.29) is 24.0 Å². The van der Waals surface area contributed by atoms with Crippen LogP contribution >= 0.6 is 0 Å². The van der Waals surface area contributed by atoms with Gasteiger partial charge in [0, 0.05) is 12.1 Å². The number of anilines is 1. The molecule has 0 aliphatic heterocycles. The lowest BCUT2D eigenvalue weighted by Gasteiger charge is -2.28. The molecule has 7 heteroatoms. The molecule has 1 N–H and O–H groups in total. The molecule has 1 aromatic heterocycles. The van der Waals surface area contributed by atoms with Gasteiger partial charge in [0.25, 0.3) is 5.69 Å². The Labute approximate surface area is 111 Å². The van der Waals surface area contributed by atoms with Crippen LogP contribution in [-0.2, 0) is 4.79 Å².